The predicted octanol–water partition coefficient (Wildman–Crippen LogP) is 2.79. The van der Waals surface area contributed by atoms with E-state index in [1.165, 1.54) is 12.1 Å². The molecular weight excluding hydrogens is 354 g/mol. The second-order valence-corrected chi connectivity index (χ2v) is 8.10. The van der Waals surface area contributed by atoms with Crippen molar-refractivity contribution < 1.29 is 13.5 Å². The number of hydrogen-bond donors (Lipinski definition) is 2. The van der Waals surface area contributed by atoms with E-state index in [2.05, 4.69) is 20.7 Å². The van der Waals surface area contributed by atoms with Crippen LogP contribution in [0.4, 0.5) is 0 Å². The van der Waals surface area contributed by atoms with Crippen LogP contribution in [0.1, 0.15) is 20.3 Å². The number of halogens is 2. The average molecular weight is 371 g/mol. The molecule has 7 heteroatoms. The van der Waals surface area contributed by atoms with E-state index < -0.39 is 10.0 Å². The van der Waals surface area contributed by atoms with E-state index in [9.17, 15) is 8.42 Å². The first-order valence-electron chi connectivity index (χ1n) is 5.73. The lowest BCUT2D eigenvalue weighted by Crippen LogP contribution is -2.34. The van der Waals surface area contributed by atoms with Crippen molar-refractivity contribution in [2.75, 3.05) is 13.2 Å². The maximum atomic E-state index is 12.1. The first kappa shape index (κ1) is 16.9. The minimum Gasteiger partial charge on any atom is -0.396 e. The maximum absolute atomic E-state index is 12.1. The van der Waals surface area contributed by atoms with Gasteiger partial charge in [0.25, 0.3) is 0 Å². The summed E-state index contributed by atoms with van der Waals surface area (Å²) >= 11 is 9.16. The first-order chi connectivity index (χ1) is 8.68. The molecular formula is C12H17BrClNO3S. The van der Waals surface area contributed by atoms with Crippen molar-refractivity contribution in [1.29, 1.82) is 0 Å². The molecule has 108 valence electrons. The van der Waals surface area contributed by atoms with Gasteiger partial charge in [-0.25, -0.2) is 13.1 Å². The normalized spacial score (nSPS) is 12.7. The summed E-state index contributed by atoms with van der Waals surface area (Å²) in [6.07, 6.45) is 0.517. The van der Waals surface area contributed by atoms with Gasteiger partial charge in [0.2, 0.25) is 10.0 Å². The van der Waals surface area contributed by atoms with Crippen LogP contribution in [0.3, 0.4) is 0 Å². The summed E-state index contributed by atoms with van der Waals surface area (Å²) in [5.41, 5.74) is -0.316. The standard InChI is InChI=1S/C12H17BrClNO3S/c1-12(2,5-6-16)8-15-19(17,18)11-4-3-9(13)7-10(11)14/h3-4,7,15-16H,5-6,8H2,1-2H3. The van der Waals surface area contributed by atoms with Gasteiger partial charge in [-0.15, -0.1) is 0 Å². The van der Waals surface area contributed by atoms with Gasteiger partial charge in [0.1, 0.15) is 4.90 Å². The van der Waals surface area contributed by atoms with Gasteiger partial charge in [-0.05, 0) is 30.0 Å². The Morgan fingerprint density at radius 2 is 2.05 bits per heavy atom. The van der Waals surface area contributed by atoms with Gasteiger partial charge < -0.3 is 5.11 Å². The van der Waals surface area contributed by atoms with E-state index >= 15 is 0 Å². The number of rotatable bonds is 6. The molecule has 0 radical (unpaired) electrons. The van der Waals surface area contributed by atoms with Gasteiger partial charge in [0, 0.05) is 17.6 Å². The highest BCUT2D eigenvalue weighted by atomic mass is 79.9. The molecule has 0 saturated carbocycles. The molecule has 1 rings (SSSR count). The fourth-order valence-corrected chi connectivity index (χ4v) is 3.73. The number of benzene rings is 1. The van der Waals surface area contributed by atoms with Crippen molar-refractivity contribution in [3.8, 4) is 0 Å². The smallest absolute Gasteiger partial charge is 0.242 e. The first-order valence-corrected chi connectivity index (χ1v) is 8.39. The largest absolute Gasteiger partial charge is 0.396 e. The van der Waals surface area contributed by atoms with Crippen LogP contribution in [0.25, 0.3) is 0 Å². The average Bonchev–Trinajstić information content (AvgIpc) is 2.26. The lowest BCUT2D eigenvalue weighted by Gasteiger charge is -2.23. The van der Waals surface area contributed by atoms with Crippen molar-refractivity contribution in [3.05, 3.63) is 27.7 Å². The Bertz CT molecular complexity index is 546. The third-order valence-electron chi connectivity index (χ3n) is 2.71. The Balaban J connectivity index is 2.87. The van der Waals surface area contributed by atoms with Gasteiger partial charge in [-0.2, -0.15) is 0 Å². The molecule has 1 aromatic rings. The quantitative estimate of drug-likeness (QED) is 0.809. The maximum Gasteiger partial charge on any atom is 0.242 e. The van der Waals surface area contributed by atoms with Gasteiger partial charge in [0.05, 0.1) is 5.02 Å². The van der Waals surface area contributed by atoms with Crippen LogP contribution in [0.15, 0.2) is 27.6 Å². The number of nitrogens with one attached hydrogen (secondary N) is 1. The van der Waals surface area contributed by atoms with Gasteiger partial charge >= 0.3 is 0 Å². The minimum atomic E-state index is -3.64. The molecule has 0 saturated heterocycles. The summed E-state index contributed by atoms with van der Waals surface area (Å²) in [7, 11) is -3.64. The van der Waals surface area contributed by atoms with Crippen LogP contribution in [0.2, 0.25) is 5.02 Å². The third kappa shape index (κ3) is 5.04. The van der Waals surface area contributed by atoms with Crippen LogP contribution in [-0.2, 0) is 10.0 Å². The fourth-order valence-electron chi connectivity index (χ4n) is 1.45. The highest BCUT2D eigenvalue weighted by Crippen LogP contribution is 2.26. The van der Waals surface area contributed by atoms with Crippen LogP contribution < -0.4 is 4.72 Å². The third-order valence-corrected chi connectivity index (χ3v) is 5.09. The van der Waals surface area contributed by atoms with E-state index in [0.717, 1.165) is 4.47 Å². The summed E-state index contributed by atoms with van der Waals surface area (Å²) in [5, 5.41) is 9.09. The molecule has 2 N–H and O–H groups in total. The van der Waals surface area contributed by atoms with Crippen LogP contribution in [0.5, 0.6) is 0 Å². The van der Waals surface area contributed by atoms with Crippen molar-refractivity contribution in [3.63, 3.8) is 0 Å². The summed E-state index contributed by atoms with van der Waals surface area (Å²) in [6.45, 7) is 4.03. The number of aliphatic hydroxyl groups is 1. The zero-order valence-electron chi connectivity index (χ0n) is 10.8. The molecule has 0 heterocycles. The summed E-state index contributed by atoms with van der Waals surface area (Å²) in [6, 6.07) is 4.61. The molecule has 0 fully saturated rings. The van der Waals surface area contributed by atoms with Crippen LogP contribution in [-0.4, -0.2) is 26.7 Å². The highest BCUT2D eigenvalue weighted by molar-refractivity contribution is 9.10. The molecule has 0 spiro atoms. The summed E-state index contributed by atoms with van der Waals surface area (Å²) < 4.78 is 27.5. The molecule has 0 aliphatic heterocycles. The fraction of sp³-hybridized carbons (Fsp3) is 0.500. The van der Waals surface area contributed by atoms with Crippen molar-refractivity contribution in [2.45, 2.75) is 25.2 Å². The lowest BCUT2D eigenvalue weighted by molar-refractivity contribution is 0.213. The summed E-state index contributed by atoms with van der Waals surface area (Å²) in [4.78, 5) is 0.0529. The monoisotopic (exact) mass is 369 g/mol. The Morgan fingerprint density at radius 1 is 1.42 bits per heavy atom. The van der Waals surface area contributed by atoms with Crippen molar-refractivity contribution >= 4 is 37.6 Å². The van der Waals surface area contributed by atoms with E-state index in [1.807, 2.05) is 13.8 Å². The molecule has 0 aromatic heterocycles. The predicted molar refractivity (Wildman–Crippen MR) is 79.8 cm³/mol. The van der Waals surface area contributed by atoms with E-state index in [1.54, 1.807) is 6.07 Å². The molecule has 0 atom stereocenters. The topological polar surface area (TPSA) is 66.4 Å². The second kappa shape index (κ2) is 6.54. The lowest BCUT2D eigenvalue weighted by atomic mass is 9.90. The molecule has 0 unspecified atom stereocenters. The Morgan fingerprint density at radius 3 is 2.58 bits per heavy atom. The molecule has 19 heavy (non-hydrogen) atoms. The Labute approximate surface area is 127 Å². The zero-order chi connectivity index (χ0) is 14.7. The van der Waals surface area contributed by atoms with Crippen molar-refractivity contribution in [2.24, 2.45) is 5.41 Å². The molecule has 4 nitrogen and oxygen atoms in total. The Hall–Kier alpha value is -0.140. The SMILES string of the molecule is CC(C)(CCO)CNS(=O)(=O)c1ccc(Br)cc1Cl. The number of sulfonamides is 1. The molecule has 0 amide bonds. The van der Waals surface area contributed by atoms with Gasteiger partial charge in [-0.3, -0.25) is 0 Å². The van der Waals surface area contributed by atoms with E-state index in [-0.39, 0.29) is 28.5 Å². The number of hydrogen-bond acceptors (Lipinski definition) is 3. The molecule has 1 aromatic carbocycles. The van der Waals surface area contributed by atoms with Crippen molar-refractivity contribution in [1.82, 2.24) is 4.72 Å². The molecule has 0 aliphatic carbocycles. The van der Waals surface area contributed by atoms with E-state index in [4.69, 9.17) is 16.7 Å². The highest BCUT2D eigenvalue weighted by Gasteiger charge is 2.23. The Kier molecular flexibility index (Phi) is 5.82. The van der Waals surface area contributed by atoms with Gasteiger partial charge in [-0.1, -0.05) is 41.4 Å². The molecule has 0 bridgehead atoms. The van der Waals surface area contributed by atoms with Gasteiger partial charge in [0.15, 0.2) is 0 Å². The second-order valence-electron chi connectivity index (χ2n) is 5.04. The summed E-state index contributed by atoms with van der Waals surface area (Å²) in [5.74, 6) is 0. The minimum absolute atomic E-state index is 0.0216. The van der Waals surface area contributed by atoms with Crippen LogP contribution in [0, 0.1) is 5.41 Å². The molecule has 0 aliphatic rings. The van der Waals surface area contributed by atoms with E-state index in [0.29, 0.717) is 6.42 Å². The van der Waals surface area contributed by atoms with Crippen LogP contribution >= 0.6 is 27.5 Å². The number of aliphatic hydroxyl groups excluding tert-OH is 1. The zero-order valence-corrected chi connectivity index (χ0v) is 13.9.